The Hall–Kier alpha value is -1.81. The lowest BCUT2D eigenvalue weighted by molar-refractivity contribution is 0.266. The van der Waals surface area contributed by atoms with Gasteiger partial charge >= 0.3 is 0 Å². The molecular formula is C15H19N3O. The Balaban J connectivity index is 2.18. The Kier molecular flexibility index (Phi) is 3.03. The molecule has 0 aliphatic carbocycles. The van der Waals surface area contributed by atoms with Crippen molar-refractivity contribution in [2.45, 2.75) is 25.8 Å². The first-order valence-electron chi connectivity index (χ1n) is 6.73. The molecule has 2 heterocycles. The van der Waals surface area contributed by atoms with Gasteiger partial charge in [0.15, 0.2) is 0 Å². The van der Waals surface area contributed by atoms with Crippen molar-refractivity contribution >= 4 is 22.3 Å². The van der Waals surface area contributed by atoms with Gasteiger partial charge in [0.2, 0.25) is 0 Å². The number of aromatic nitrogens is 1. The predicted octanol–water partition coefficient (Wildman–Crippen LogP) is 2.09. The van der Waals surface area contributed by atoms with Gasteiger partial charge in [-0.3, -0.25) is 4.98 Å². The number of hydrogen-bond acceptors (Lipinski definition) is 4. The van der Waals surface area contributed by atoms with Gasteiger partial charge in [0.25, 0.3) is 0 Å². The third kappa shape index (κ3) is 2.12. The zero-order valence-electron chi connectivity index (χ0n) is 11.1. The van der Waals surface area contributed by atoms with Crippen molar-refractivity contribution in [1.29, 1.82) is 0 Å². The number of nitrogens with two attached hydrogens (primary N) is 1. The molecule has 1 saturated heterocycles. The number of aryl methyl sites for hydroxylation is 1. The van der Waals surface area contributed by atoms with Gasteiger partial charge in [-0.15, -0.1) is 0 Å². The molecular weight excluding hydrogens is 238 g/mol. The summed E-state index contributed by atoms with van der Waals surface area (Å²) in [4.78, 5) is 6.84. The zero-order valence-corrected chi connectivity index (χ0v) is 11.1. The topological polar surface area (TPSA) is 62.4 Å². The fourth-order valence-corrected chi connectivity index (χ4v) is 2.93. The van der Waals surface area contributed by atoms with Gasteiger partial charge in [0.05, 0.1) is 18.2 Å². The minimum absolute atomic E-state index is 0.200. The maximum Gasteiger partial charge on any atom is 0.0727 e. The van der Waals surface area contributed by atoms with Gasteiger partial charge in [-0.2, -0.15) is 0 Å². The van der Waals surface area contributed by atoms with Crippen molar-refractivity contribution in [3.05, 3.63) is 30.0 Å². The number of nitrogen functional groups attached to an aromatic ring is 1. The van der Waals surface area contributed by atoms with Crippen LogP contribution in [0.4, 0.5) is 11.4 Å². The van der Waals surface area contributed by atoms with Crippen LogP contribution in [0.15, 0.2) is 24.3 Å². The standard InChI is InChI=1S/C15H19N3O/c1-10-7-15(18-6-2-3-12(18)9-19)13-8-11(16)4-5-14(13)17-10/h4-5,7-8,12,19H,2-3,6,9,16H2,1H3. The van der Waals surface area contributed by atoms with Crippen molar-refractivity contribution in [2.75, 3.05) is 23.8 Å². The number of fused-ring (bicyclic) bond motifs is 1. The smallest absolute Gasteiger partial charge is 0.0727 e. The molecule has 1 aliphatic rings. The highest BCUT2D eigenvalue weighted by molar-refractivity contribution is 5.94. The normalized spacial score (nSPS) is 19.3. The SMILES string of the molecule is Cc1cc(N2CCCC2CO)c2cc(N)ccc2n1. The number of aliphatic hydroxyl groups excluding tert-OH is 1. The fraction of sp³-hybridized carbons (Fsp3) is 0.400. The van der Waals surface area contributed by atoms with E-state index >= 15 is 0 Å². The molecule has 1 unspecified atom stereocenters. The molecule has 0 amide bonds. The van der Waals surface area contributed by atoms with Gasteiger partial charge < -0.3 is 15.7 Å². The molecule has 4 nitrogen and oxygen atoms in total. The average molecular weight is 257 g/mol. The number of anilines is 2. The van der Waals surface area contributed by atoms with Crippen molar-refractivity contribution in [3.63, 3.8) is 0 Å². The van der Waals surface area contributed by atoms with Crippen LogP contribution < -0.4 is 10.6 Å². The van der Waals surface area contributed by atoms with Gasteiger partial charge in [-0.25, -0.2) is 0 Å². The zero-order chi connectivity index (χ0) is 13.4. The molecule has 0 bridgehead atoms. The number of benzene rings is 1. The molecule has 1 atom stereocenters. The van der Waals surface area contributed by atoms with Crippen LogP contribution in [0.2, 0.25) is 0 Å². The summed E-state index contributed by atoms with van der Waals surface area (Å²) in [6, 6.07) is 8.13. The van der Waals surface area contributed by atoms with Gasteiger partial charge in [-0.05, 0) is 44.0 Å². The molecule has 4 heteroatoms. The van der Waals surface area contributed by atoms with E-state index < -0.39 is 0 Å². The molecule has 1 aromatic heterocycles. The summed E-state index contributed by atoms with van der Waals surface area (Å²) in [5, 5.41) is 10.6. The van der Waals surface area contributed by atoms with Crippen molar-refractivity contribution in [3.8, 4) is 0 Å². The minimum Gasteiger partial charge on any atom is -0.399 e. The summed E-state index contributed by atoms with van der Waals surface area (Å²) in [6.07, 6.45) is 2.16. The summed E-state index contributed by atoms with van der Waals surface area (Å²) in [7, 11) is 0. The largest absolute Gasteiger partial charge is 0.399 e. The maximum absolute atomic E-state index is 9.51. The summed E-state index contributed by atoms with van der Waals surface area (Å²) in [5.74, 6) is 0. The highest BCUT2D eigenvalue weighted by atomic mass is 16.3. The molecule has 1 aromatic carbocycles. The van der Waals surface area contributed by atoms with Crippen LogP contribution in [0.5, 0.6) is 0 Å². The number of hydrogen-bond donors (Lipinski definition) is 2. The van der Waals surface area contributed by atoms with E-state index in [9.17, 15) is 5.11 Å². The van der Waals surface area contributed by atoms with Crippen LogP contribution in [0.25, 0.3) is 10.9 Å². The van der Waals surface area contributed by atoms with Gasteiger partial charge in [0, 0.05) is 29.0 Å². The number of aliphatic hydroxyl groups is 1. The molecule has 19 heavy (non-hydrogen) atoms. The Morgan fingerprint density at radius 2 is 2.26 bits per heavy atom. The van der Waals surface area contributed by atoms with Crippen LogP contribution in [-0.2, 0) is 0 Å². The van der Waals surface area contributed by atoms with Crippen molar-refractivity contribution < 1.29 is 5.11 Å². The lowest BCUT2D eigenvalue weighted by Crippen LogP contribution is -2.32. The van der Waals surface area contributed by atoms with Crippen molar-refractivity contribution in [1.82, 2.24) is 4.98 Å². The third-order valence-electron chi connectivity index (χ3n) is 3.84. The van der Waals surface area contributed by atoms with E-state index in [0.29, 0.717) is 0 Å². The first kappa shape index (κ1) is 12.2. The van der Waals surface area contributed by atoms with Crippen LogP contribution in [0.1, 0.15) is 18.5 Å². The van der Waals surface area contributed by atoms with E-state index in [2.05, 4.69) is 16.0 Å². The van der Waals surface area contributed by atoms with Gasteiger partial charge in [0.1, 0.15) is 0 Å². The Bertz CT molecular complexity index is 612. The summed E-state index contributed by atoms with van der Waals surface area (Å²) in [6.45, 7) is 3.19. The van der Waals surface area contributed by atoms with Gasteiger partial charge in [-0.1, -0.05) is 0 Å². The second-order valence-corrected chi connectivity index (χ2v) is 5.23. The van der Waals surface area contributed by atoms with Crippen LogP contribution in [-0.4, -0.2) is 29.3 Å². The number of nitrogens with zero attached hydrogens (tertiary/aromatic N) is 2. The van der Waals surface area contributed by atoms with E-state index in [-0.39, 0.29) is 12.6 Å². The highest BCUT2D eigenvalue weighted by Crippen LogP contribution is 2.33. The monoisotopic (exact) mass is 257 g/mol. The second-order valence-electron chi connectivity index (χ2n) is 5.23. The number of rotatable bonds is 2. The molecule has 3 rings (SSSR count). The molecule has 100 valence electrons. The Morgan fingerprint density at radius 1 is 1.42 bits per heavy atom. The molecule has 0 saturated carbocycles. The van der Waals surface area contributed by atoms with Crippen LogP contribution in [0.3, 0.4) is 0 Å². The lowest BCUT2D eigenvalue weighted by atomic mass is 10.1. The molecule has 2 aromatic rings. The predicted molar refractivity (Wildman–Crippen MR) is 78.3 cm³/mol. The third-order valence-corrected chi connectivity index (χ3v) is 3.84. The minimum atomic E-state index is 0.200. The summed E-state index contributed by atoms with van der Waals surface area (Å²) in [5.41, 5.74) is 9.76. The summed E-state index contributed by atoms with van der Waals surface area (Å²) >= 11 is 0. The van der Waals surface area contributed by atoms with E-state index in [0.717, 1.165) is 47.4 Å². The highest BCUT2D eigenvalue weighted by Gasteiger charge is 2.25. The van der Waals surface area contributed by atoms with Crippen LogP contribution in [0, 0.1) is 6.92 Å². The lowest BCUT2D eigenvalue weighted by Gasteiger charge is -2.27. The quantitative estimate of drug-likeness (QED) is 0.809. The van der Waals surface area contributed by atoms with E-state index in [1.807, 2.05) is 25.1 Å². The van der Waals surface area contributed by atoms with E-state index in [4.69, 9.17) is 5.73 Å². The van der Waals surface area contributed by atoms with Crippen LogP contribution >= 0.6 is 0 Å². The molecule has 1 fully saturated rings. The summed E-state index contributed by atoms with van der Waals surface area (Å²) < 4.78 is 0. The van der Waals surface area contributed by atoms with Crippen molar-refractivity contribution in [2.24, 2.45) is 0 Å². The fourth-order valence-electron chi connectivity index (χ4n) is 2.93. The molecule has 3 N–H and O–H groups in total. The second kappa shape index (κ2) is 4.70. The number of pyridine rings is 1. The molecule has 1 aliphatic heterocycles. The Morgan fingerprint density at radius 3 is 3.05 bits per heavy atom. The molecule has 0 radical (unpaired) electrons. The average Bonchev–Trinajstić information content (AvgIpc) is 2.86. The van der Waals surface area contributed by atoms with E-state index in [1.54, 1.807) is 0 Å². The Labute approximate surface area is 112 Å². The maximum atomic E-state index is 9.51. The molecule has 0 spiro atoms. The first-order chi connectivity index (χ1) is 9.19. The van der Waals surface area contributed by atoms with E-state index in [1.165, 1.54) is 0 Å². The first-order valence-corrected chi connectivity index (χ1v) is 6.73.